The lowest BCUT2D eigenvalue weighted by atomic mass is 9.71. The molecule has 1 aromatic heterocycles. The molecule has 0 unspecified atom stereocenters. The molecule has 1 heterocycles. The standard InChI is InChI=1S/C16H21N3O2/c1-12-5-8-18-15(13(12)10-17)19-11-16(9-14(20)21)6-3-2-4-7-16/h5,8H,2-4,6-7,9,11H2,1H3,(H,18,19)(H,20,21). The van der Waals surface area contributed by atoms with Crippen molar-refractivity contribution < 1.29 is 9.90 Å². The molecule has 1 aliphatic carbocycles. The fourth-order valence-corrected chi connectivity index (χ4v) is 3.14. The number of hydrogen-bond donors (Lipinski definition) is 2. The van der Waals surface area contributed by atoms with E-state index in [0.29, 0.717) is 17.9 Å². The summed E-state index contributed by atoms with van der Waals surface area (Å²) >= 11 is 0. The monoisotopic (exact) mass is 287 g/mol. The van der Waals surface area contributed by atoms with Crippen LogP contribution >= 0.6 is 0 Å². The molecule has 0 atom stereocenters. The summed E-state index contributed by atoms with van der Waals surface area (Å²) in [6, 6.07) is 3.97. The molecule has 1 saturated carbocycles. The average molecular weight is 287 g/mol. The average Bonchev–Trinajstić information content (AvgIpc) is 2.45. The zero-order valence-electron chi connectivity index (χ0n) is 12.4. The van der Waals surface area contributed by atoms with Gasteiger partial charge in [0.05, 0.1) is 12.0 Å². The number of aryl methyl sites for hydroxylation is 1. The zero-order chi connectivity index (χ0) is 15.3. The summed E-state index contributed by atoms with van der Waals surface area (Å²) in [5.74, 6) is -0.191. The molecule has 0 aliphatic heterocycles. The maximum atomic E-state index is 11.2. The van der Waals surface area contributed by atoms with Gasteiger partial charge in [0.1, 0.15) is 11.9 Å². The highest BCUT2D eigenvalue weighted by molar-refractivity contribution is 5.68. The Morgan fingerprint density at radius 1 is 1.48 bits per heavy atom. The summed E-state index contributed by atoms with van der Waals surface area (Å²) in [5.41, 5.74) is 1.20. The first-order chi connectivity index (χ1) is 10.1. The summed E-state index contributed by atoms with van der Waals surface area (Å²) in [6.45, 7) is 2.43. The topological polar surface area (TPSA) is 86.0 Å². The van der Waals surface area contributed by atoms with E-state index in [0.717, 1.165) is 31.2 Å². The lowest BCUT2D eigenvalue weighted by molar-refractivity contribution is -0.140. The summed E-state index contributed by atoms with van der Waals surface area (Å²) in [6.07, 6.45) is 6.99. The van der Waals surface area contributed by atoms with Crippen molar-refractivity contribution in [3.63, 3.8) is 0 Å². The highest BCUT2D eigenvalue weighted by Gasteiger charge is 2.34. The molecule has 0 aromatic carbocycles. The number of anilines is 1. The quantitative estimate of drug-likeness (QED) is 0.869. The van der Waals surface area contributed by atoms with Crippen LogP contribution in [0.4, 0.5) is 5.82 Å². The Labute approximate surface area is 125 Å². The van der Waals surface area contributed by atoms with Crippen molar-refractivity contribution in [2.75, 3.05) is 11.9 Å². The summed E-state index contributed by atoms with van der Waals surface area (Å²) in [4.78, 5) is 15.4. The second-order valence-electron chi connectivity index (χ2n) is 5.95. The van der Waals surface area contributed by atoms with Crippen LogP contribution in [-0.4, -0.2) is 22.6 Å². The highest BCUT2D eigenvalue weighted by atomic mass is 16.4. The summed E-state index contributed by atoms with van der Waals surface area (Å²) in [5, 5.41) is 21.6. The fourth-order valence-electron chi connectivity index (χ4n) is 3.14. The molecule has 0 spiro atoms. The smallest absolute Gasteiger partial charge is 0.303 e. The number of aromatic nitrogens is 1. The van der Waals surface area contributed by atoms with Crippen molar-refractivity contribution >= 4 is 11.8 Å². The number of aliphatic carboxylic acids is 1. The number of carboxylic acid groups (broad SMARTS) is 1. The van der Waals surface area contributed by atoms with Gasteiger partial charge in [-0.05, 0) is 36.8 Å². The molecular weight excluding hydrogens is 266 g/mol. The predicted molar refractivity (Wildman–Crippen MR) is 79.9 cm³/mol. The van der Waals surface area contributed by atoms with Crippen LogP contribution in [0.2, 0.25) is 0 Å². The molecule has 0 amide bonds. The van der Waals surface area contributed by atoms with E-state index in [-0.39, 0.29) is 11.8 Å². The van der Waals surface area contributed by atoms with Crippen molar-refractivity contribution in [3.8, 4) is 6.07 Å². The normalized spacial score (nSPS) is 17.0. The van der Waals surface area contributed by atoms with Gasteiger partial charge in [0, 0.05) is 12.7 Å². The third kappa shape index (κ3) is 3.72. The van der Waals surface area contributed by atoms with Crippen LogP contribution < -0.4 is 5.32 Å². The molecule has 1 fully saturated rings. The Balaban J connectivity index is 2.14. The molecule has 5 nitrogen and oxygen atoms in total. The molecular formula is C16H21N3O2. The summed E-state index contributed by atoms with van der Waals surface area (Å²) in [7, 11) is 0. The van der Waals surface area contributed by atoms with Crippen LogP contribution in [-0.2, 0) is 4.79 Å². The van der Waals surface area contributed by atoms with Crippen molar-refractivity contribution in [2.24, 2.45) is 5.41 Å². The van der Waals surface area contributed by atoms with Gasteiger partial charge in [-0.3, -0.25) is 4.79 Å². The van der Waals surface area contributed by atoms with Gasteiger partial charge in [-0.1, -0.05) is 19.3 Å². The zero-order valence-corrected chi connectivity index (χ0v) is 12.4. The molecule has 1 aromatic rings. The van der Waals surface area contributed by atoms with E-state index in [1.54, 1.807) is 12.3 Å². The van der Waals surface area contributed by atoms with Gasteiger partial charge in [-0.25, -0.2) is 4.98 Å². The number of nitriles is 1. The minimum atomic E-state index is -0.753. The van der Waals surface area contributed by atoms with Crippen LogP contribution in [0.15, 0.2) is 12.3 Å². The van der Waals surface area contributed by atoms with Gasteiger partial charge in [0.25, 0.3) is 0 Å². The Kier molecular flexibility index (Phi) is 4.79. The van der Waals surface area contributed by atoms with Crippen molar-refractivity contribution in [1.29, 1.82) is 5.26 Å². The van der Waals surface area contributed by atoms with Gasteiger partial charge in [0.2, 0.25) is 0 Å². The first-order valence-corrected chi connectivity index (χ1v) is 7.38. The Morgan fingerprint density at radius 3 is 2.81 bits per heavy atom. The molecule has 0 bridgehead atoms. The van der Waals surface area contributed by atoms with Crippen LogP contribution in [0.1, 0.15) is 49.7 Å². The van der Waals surface area contributed by atoms with E-state index in [1.807, 2.05) is 6.92 Å². The molecule has 5 heteroatoms. The molecule has 1 aliphatic rings. The Morgan fingerprint density at radius 2 is 2.19 bits per heavy atom. The molecule has 112 valence electrons. The molecule has 2 rings (SSSR count). The van der Waals surface area contributed by atoms with Crippen molar-refractivity contribution in [1.82, 2.24) is 4.98 Å². The largest absolute Gasteiger partial charge is 0.481 e. The first-order valence-electron chi connectivity index (χ1n) is 7.38. The Bertz CT molecular complexity index is 557. The van der Waals surface area contributed by atoms with Gasteiger partial charge >= 0.3 is 5.97 Å². The SMILES string of the molecule is Cc1ccnc(NCC2(CC(=O)O)CCCCC2)c1C#N. The van der Waals surface area contributed by atoms with E-state index in [4.69, 9.17) is 0 Å². The number of nitrogens with one attached hydrogen (secondary N) is 1. The van der Waals surface area contributed by atoms with Crippen LogP contribution in [0.5, 0.6) is 0 Å². The van der Waals surface area contributed by atoms with Crippen molar-refractivity contribution in [3.05, 3.63) is 23.4 Å². The van der Waals surface area contributed by atoms with Gasteiger partial charge < -0.3 is 10.4 Å². The van der Waals surface area contributed by atoms with Gasteiger partial charge in [0.15, 0.2) is 0 Å². The number of carboxylic acids is 1. The molecule has 21 heavy (non-hydrogen) atoms. The second-order valence-corrected chi connectivity index (χ2v) is 5.95. The minimum Gasteiger partial charge on any atom is -0.481 e. The van der Waals surface area contributed by atoms with E-state index in [9.17, 15) is 15.2 Å². The summed E-state index contributed by atoms with van der Waals surface area (Å²) < 4.78 is 0. The maximum absolute atomic E-state index is 11.2. The number of rotatable bonds is 5. The lowest BCUT2D eigenvalue weighted by Crippen LogP contribution is -2.34. The predicted octanol–water partition coefficient (Wildman–Crippen LogP) is 3.10. The molecule has 2 N–H and O–H groups in total. The second kappa shape index (κ2) is 6.57. The number of hydrogen-bond acceptors (Lipinski definition) is 4. The lowest BCUT2D eigenvalue weighted by Gasteiger charge is -2.36. The minimum absolute atomic E-state index is 0.174. The van der Waals surface area contributed by atoms with Crippen LogP contribution in [0, 0.1) is 23.7 Å². The van der Waals surface area contributed by atoms with Crippen LogP contribution in [0.25, 0.3) is 0 Å². The Hall–Kier alpha value is -2.09. The number of carbonyl (C=O) groups is 1. The fraction of sp³-hybridized carbons (Fsp3) is 0.562. The third-order valence-electron chi connectivity index (χ3n) is 4.34. The van der Waals surface area contributed by atoms with E-state index >= 15 is 0 Å². The molecule has 0 saturated heterocycles. The van der Waals surface area contributed by atoms with Gasteiger partial charge in [-0.15, -0.1) is 0 Å². The number of pyridine rings is 1. The number of nitrogens with zero attached hydrogens (tertiary/aromatic N) is 2. The maximum Gasteiger partial charge on any atom is 0.303 e. The first kappa shape index (κ1) is 15.3. The van der Waals surface area contributed by atoms with Crippen LogP contribution in [0.3, 0.4) is 0 Å². The van der Waals surface area contributed by atoms with Crippen molar-refractivity contribution in [2.45, 2.75) is 45.4 Å². The van der Waals surface area contributed by atoms with E-state index in [2.05, 4.69) is 16.4 Å². The van der Waals surface area contributed by atoms with Gasteiger partial charge in [-0.2, -0.15) is 5.26 Å². The van der Waals surface area contributed by atoms with E-state index in [1.165, 1.54) is 6.42 Å². The van der Waals surface area contributed by atoms with E-state index < -0.39 is 5.97 Å². The third-order valence-corrected chi connectivity index (χ3v) is 4.34. The molecule has 0 radical (unpaired) electrons. The highest BCUT2D eigenvalue weighted by Crippen LogP contribution is 2.39.